The Bertz CT molecular complexity index is 574. The molecule has 0 aromatic carbocycles. The minimum atomic E-state index is -4.23. The maximum absolute atomic E-state index is 13.5. The highest BCUT2D eigenvalue weighted by atomic mass is 32.1. The van der Waals surface area contributed by atoms with E-state index < -0.39 is 17.5 Å². The number of carbonyl (C=O) groups is 1. The standard InChI is InChI=1S/C16H22F3N3O2S/c17-16(18,19)13-2-6-22(10-15(13)3-7-24-8-4-15)14(23)20-5-1-12-9-25-11-21-12/h9,11,13H,1-8,10H2,(H,20,23)/t13-/m0/s1. The van der Waals surface area contributed by atoms with E-state index in [1.807, 2.05) is 5.38 Å². The first kappa shape index (κ1) is 18.4. The van der Waals surface area contributed by atoms with Crippen molar-refractivity contribution in [3.05, 3.63) is 16.6 Å². The smallest absolute Gasteiger partial charge is 0.381 e. The van der Waals surface area contributed by atoms with Gasteiger partial charge in [-0.15, -0.1) is 11.3 Å². The second-order valence-corrected chi connectivity index (χ2v) is 7.46. The number of piperidine rings is 1. The molecule has 0 bridgehead atoms. The maximum Gasteiger partial charge on any atom is 0.392 e. The number of hydrogen-bond acceptors (Lipinski definition) is 4. The number of carbonyl (C=O) groups excluding carboxylic acids is 1. The van der Waals surface area contributed by atoms with Gasteiger partial charge in [0.15, 0.2) is 0 Å². The lowest BCUT2D eigenvalue weighted by Gasteiger charge is -2.50. The van der Waals surface area contributed by atoms with Crippen LogP contribution in [-0.4, -0.2) is 54.9 Å². The predicted molar refractivity (Wildman–Crippen MR) is 87.4 cm³/mol. The van der Waals surface area contributed by atoms with Gasteiger partial charge in [0, 0.05) is 50.1 Å². The van der Waals surface area contributed by atoms with Crippen LogP contribution >= 0.6 is 11.3 Å². The zero-order chi connectivity index (χ0) is 17.9. The van der Waals surface area contributed by atoms with Gasteiger partial charge in [-0.3, -0.25) is 0 Å². The number of likely N-dealkylation sites (tertiary alicyclic amines) is 1. The number of nitrogens with one attached hydrogen (secondary N) is 1. The van der Waals surface area contributed by atoms with Gasteiger partial charge in [-0.1, -0.05) is 0 Å². The van der Waals surface area contributed by atoms with E-state index in [4.69, 9.17) is 4.74 Å². The third kappa shape index (κ3) is 4.25. The van der Waals surface area contributed by atoms with E-state index in [1.165, 1.54) is 16.2 Å². The van der Waals surface area contributed by atoms with Crippen LogP contribution in [0.2, 0.25) is 0 Å². The zero-order valence-corrected chi connectivity index (χ0v) is 14.7. The summed E-state index contributed by atoms with van der Waals surface area (Å²) >= 11 is 1.49. The first-order chi connectivity index (χ1) is 11.9. The van der Waals surface area contributed by atoms with E-state index in [2.05, 4.69) is 10.3 Å². The Kier molecular flexibility index (Phi) is 5.52. The number of rotatable bonds is 3. The highest BCUT2D eigenvalue weighted by Crippen LogP contribution is 2.50. The Morgan fingerprint density at radius 1 is 1.44 bits per heavy atom. The number of halogens is 3. The second-order valence-electron chi connectivity index (χ2n) is 6.74. The molecule has 0 radical (unpaired) electrons. The van der Waals surface area contributed by atoms with Crippen molar-refractivity contribution < 1.29 is 22.7 Å². The molecule has 1 N–H and O–H groups in total. The largest absolute Gasteiger partial charge is 0.392 e. The van der Waals surface area contributed by atoms with E-state index in [1.54, 1.807) is 5.51 Å². The van der Waals surface area contributed by atoms with Crippen molar-refractivity contribution in [2.45, 2.75) is 31.9 Å². The fourth-order valence-corrected chi connectivity index (χ4v) is 4.49. The zero-order valence-electron chi connectivity index (χ0n) is 13.8. The molecule has 1 spiro atoms. The molecule has 1 atom stereocenters. The van der Waals surface area contributed by atoms with Crippen molar-refractivity contribution in [2.75, 3.05) is 32.8 Å². The van der Waals surface area contributed by atoms with Gasteiger partial charge in [-0.2, -0.15) is 13.2 Å². The number of amides is 2. The predicted octanol–water partition coefficient (Wildman–Crippen LogP) is 3.08. The Balaban J connectivity index is 1.60. The molecule has 2 aliphatic heterocycles. The molecule has 2 fully saturated rings. The van der Waals surface area contributed by atoms with Gasteiger partial charge in [0.25, 0.3) is 0 Å². The summed E-state index contributed by atoms with van der Waals surface area (Å²) in [6, 6.07) is -0.290. The van der Waals surface area contributed by atoms with Gasteiger partial charge in [0.05, 0.1) is 17.1 Å². The summed E-state index contributed by atoms with van der Waals surface area (Å²) in [5.74, 6) is -1.36. The van der Waals surface area contributed by atoms with Crippen LogP contribution in [0.3, 0.4) is 0 Å². The average molecular weight is 377 g/mol. The average Bonchev–Trinajstić information content (AvgIpc) is 3.07. The molecule has 9 heteroatoms. The van der Waals surface area contributed by atoms with Crippen molar-refractivity contribution in [1.29, 1.82) is 0 Å². The summed E-state index contributed by atoms with van der Waals surface area (Å²) < 4.78 is 45.7. The van der Waals surface area contributed by atoms with Crippen LogP contribution in [0.5, 0.6) is 0 Å². The van der Waals surface area contributed by atoms with Crippen LogP contribution in [0.15, 0.2) is 10.9 Å². The first-order valence-electron chi connectivity index (χ1n) is 8.45. The lowest BCUT2D eigenvalue weighted by Crippen LogP contribution is -2.58. The maximum atomic E-state index is 13.5. The molecule has 2 aliphatic rings. The number of ether oxygens (including phenoxy) is 1. The summed E-state index contributed by atoms with van der Waals surface area (Å²) in [6.07, 6.45) is -2.96. The molecule has 3 rings (SSSR count). The van der Waals surface area contributed by atoms with Crippen molar-refractivity contribution in [2.24, 2.45) is 11.3 Å². The van der Waals surface area contributed by atoms with Gasteiger partial charge in [0.2, 0.25) is 0 Å². The number of alkyl halides is 3. The third-order valence-electron chi connectivity index (χ3n) is 5.24. The lowest BCUT2D eigenvalue weighted by atomic mass is 9.66. The van der Waals surface area contributed by atoms with Gasteiger partial charge in [0.1, 0.15) is 0 Å². The van der Waals surface area contributed by atoms with Gasteiger partial charge < -0.3 is 15.0 Å². The minimum Gasteiger partial charge on any atom is -0.381 e. The van der Waals surface area contributed by atoms with Crippen molar-refractivity contribution in [3.8, 4) is 0 Å². The molecular formula is C16H22F3N3O2S. The van der Waals surface area contributed by atoms with Crippen molar-refractivity contribution in [1.82, 2.24) is 15.2 Å². The molecule has 0 saturated carbocycles. The van der Waals surface area contributed by atoms with Crippen LogP contribution in [0.25, 0.3) is 0 Å². The van der Waals surface area contributed by atoms with E-state index in [0.29, 0.717) is 39.0 Å². The normalized spacial score (nSPS) is 23.6. The number of aromatic nitrogens is 1. The number of thiazole rings is 1. The Morgan fingerprint density at radius 3 is 2.84 bits per heavy atom. The quantitative estimate of drug-likeness (QED) is 0.881. The SMILES string of the molecule is O=C(NCCc1cscn1)N1CC[C@H](C(F)(F)F)C2(CCOCC2)C1. The molecule has 5 nitrogen and oxygen atoms in total. The van der Waals surface area contributed by atoms with Gasteiger partial charge in [-0.25, -0.2) is 9.78 Å². The van der Waals surface area contributed by atoms with Gasteiger partial charge in [-0.05, 0) is 19.3 Å². The summed E-state index contributed by atoms with van der Waals surface area (Å²) in [5, 5.41) is 4.72. The summed E-state index contributed by atoms with van der Waals surface area (Å²) in [5.41, 5.74) is 1.72. The van der Waals surface area contributed by atoms with Crippen LogP contribution < -0.4 is 5.32 Å². The van der Waals surface area contributed by atoms with Gasteiger partial charge >= 0.3 is 12.2 Å². The number of nitrogens with zero attached hydrogens (tertiary/aromatic N) is 2. The Labute approximate surface area is 148 Å². The third-order valence-corrected chi connectivity index (χ3v) is 5.88. The summed E-state index contributed by atoms with van der Waals surface area (Å²) in [4.78, 5) is 18.1. The minimum absolute atomic E-state index is 0.0387. The van der Waals surface area contributed by atoms with Crippen molar-refractivity contribution in [3.63, 3.8) is 0 Å². The molecular weight excluding hydrogens is 355 g/mol. The first-order valence-corrected chi connectivity index (χ1v) is 9.39. The van der Waals surface area contributed by atoms with Crippen LogP contribution in [-0.2, 0) is 11.2 Å². The van der Waals surface area contributed by atoms with Crippen LogP contribution in [0.1, 0.15) is 25.0 Å². The van der Waals surface area contributed by atoms with Crippen molar-refractivity contribution >= 4 is 17.4 Å². The second kappa shape index (κ2) is 7.49. The number of urea groups is 1. The van der Waals surface area contributed by atoms with Crippen LogP contribution in [0.4, 0.5) is 18.0 Å². The Morgan fingerprint density at radius 2 is 2.20 bits per heavy atom. The molecule has 0 unspecified atom stereocenters. The Hall–Kier alpha value is -1.35. The van der Waals surface area contributed by atoms with Crippen LogP contribution in [0, 0.1) is 11.3 Å². The molecule has 2 amide bonds. The van der Waals surface area contributed by atoms with E-state index in [-0.39, 0.29) is 25.5 Å². The molecule has 0 aliphatic carbocycles. The lowest BCUT2D eigenvalue weighted by molar-refractivity contribution is -0.232. The van der Waals surface area contributed by atoms with E-state index >= 15 is 0 Å². The fourth-order valence-electron chi connectivity index (χ4n) is 3.90. The molecule has 2 saturated heterocycles. The molecule has 3 heterocycles. The highest BCUT2D eigenvalue weighted by molar-refractivity contribution is 7.07. The molecule has 1 aromatic heterocycles. The topological polar surface area (TPSA) is 54.5 Å². The highest BCUT2D eigenvalue weighted by Gasteiger charge is 2.56. The molecule has 140 valence electrons. The van der Waals surface area contributed by atoms with E-state index in [9.17, 15) is 18.0 Å². The molecule has 1 aromatic rings. The van der Waals surface area contributed by atoms with E-state index in [0.717, 1.165) is 5.69 Å². The fraction of sp³-hybridized carbons (Fsp3) is 0.750. The monoisotopic (exact) mass is 377 g/mol. The summed E-state index contributed by atoms with van der Waals surface area (Å²) in [6.45, 7) is 1.36. The molecule has 25 heavy (non-hydrogen) atoms. The number of hydrogen-bond donors (Lipinski definition) is 1. The summed E-state index contributed by atoms with van der Waals surface area (Å²) in [7, 11) is 0.